The Morgan fingerprint density at radius 3 is 0.791 bits per heavy atom. The topological polar surface area (TPSA) is 8.82 Å². The van der Waals surface area contributed by atoms with Crippen molar-refractivity contribution in [3.8, 4) is 66.8 Å². The van der Waals surface area contributed by atoms with Crippen molar-refractivity contribution in [2.24, 2.45) is 0 Å². The molecule has 6 aromatic heterocycles. The zero-order valence-electron chi connectivity index (χ0n) is 69.4. The first kappa shape index (κ1) is 71.5. The molecule has 6 heterocycles. The lowest BCUT2D eigenvalue weighted by Gasteiger charge is -2.30. The third-order valence-electron chi connectivity index (χ3n) is 28.6. The van der Waals surface area contributed by atoms with Crippen molar-refractivity contribution in [2.45, 2.75) is 52.4 Å². The molecular formula is C86H80B20N2S2. The number of hydrogen-bond donors (Lipinski definition) is 0. The maximum absolute atomic E-state index is 2.69. The predicted molar refractivity (Wildman–Crippen MR) is 555 cm³/mol. The second kappa shape index (κ2) is 24.4. The van der Waals surface area contributed by atoms with Gasteiger partial charge in [-0.25, -0.2) is 0 Å². The van der Waals surface area contributed by atoms with Gasteiger partial charge in [-0.2, -0.15) is 0 Å². The molecule has 0 amide bonds. The van der Waals surface area contributed by atoms with Crippen molar-refractivity contribution >= 4 is 405 Å². The van der Waals surface area contributed by atoms with E-state index in [1.165, 1.54) is 304 Å². The molecule has 506 valence electrons. The molecule has 0 bridgehead atoms. The minimum Gasteiger partial charge on any atom is -0.308 e. The van der Waals surface area contributed by atoms with Crippen LogP contribution < -0.4 is 109 Å². The van der Waals surface area contributed by atoms with Gasteiger partial charge < -0.3 is 8.80 Å². The van der Waals surface area contributed by atoms with E-state index in [0.717, 1.165) is 0 Å². The van der Waals surface area contributed by atoms with Crippen LogP contribution in [0.3, 0.4) is 0 Å². The van der Waals surface area contributed by atoms with Crippen molar-refractivity contribution < 1.29 is 0 Å². The Bertz CT molecular complexity index is 6750. The van der Waals surface area contributed by atoms with E-state index in [9.17, 15) is 0 Å². The number of rotatable bonds is 6. The zero-order valence-corrected chi connectivity index (χ0v) is 71.0. The van der Waals surface area contributed by atoms with E-state index in [1.807, 2.05) is 22.7 Å². The monoisotopic (exact) mass is 1420 g/mol. The van der Waals surface area contributed by atoms with Gasteiger partial charge in [-0.05, 0) is 149 Å². The van der Waals surface area contributed by atoms with Crippen molar-refractivity contribution in [1.82, 2.24) is 8.80 Å². The molecule has 0 aliphatic rings. The van der Waals surface area contributed by atoms with E-state index in [1.54, 1.807) is 0 Å². The Hall–Kier alpha value is -8.80. The van der Waals surface area contributed by atoms with Crippen LogP contribution in [0.15, 0.2) is 133 Å². The summed E-state index contributed by atoms with van der Waals surface area (Å²) in [5.41, 5.74) is 53.3. The minimum atomic E-state index is -0.123. The van der Waals surface area contributed by atoms with Crippen LogP contribution in [0.2, 0.25) is 0 Å². The van der Waals surface area contributed by atoms with E-state index < -0.39 is 0 Å². The van der Waals surface area contributed by atoms with Gasteiger partial charge in [0.2, 0.25) is 0 Å². The number of benzene rings is 13. The first-order valence-corrected chi connectivity index (χ1v) is 41.5. The summed E-state index contributed by atoms with van der Waals surface area (Å²) < 4.78 is 10.7. The van der Waals surface area contributed by atoms with Gasteiger partial charge in [-0.1, -0.05) is 158 Å². The summed E-state index contributed by atoms with van der Waals surface area (Å²) in [6.45, 7) is 14.4. The number of fused-ring (bicyclic) bond motifs is 20. The molecule has 110 heavy (non-hydrogen) atoms. The largest absolute Gasteiger partial charge is 0.308 e. The molecule has 19 aromatic rings. The molecule has 0 aliphatic heterocycles. The first-order chi connectivity index (χ1) is 52.2. The molecule has 0 saturated heterocycles. The average molecular weight is 1420 g/mol. The van der Waals surface area contributed by atoms with Crippen LogP contribution in [-0.2, 0) is 10.8 Å². The highest BCUT2D eigenvalue weighted by Crippen LogP contribution is 2.54. The third-order valence-corrected chi connectivity index (χ3v) is 31.0. The lowest BCUT2D eigenvalue weighted by Crippen LogP contribution is -2.55. The Morgan fingerprint density at radius 1 is 0.236 bits per heavy atom. The van der Waals surface area contributed by atoms with Gasteiger partial charge in [0, 0.05) is 83.4 Å². The van der Waals surface area contributed by atoms with E-state index in [-0.39, 0.29) is 10.8 Å². The molecule has 0 spiro atoms. The molecule has 0 saturated carbocycles. The van der Waals surface area contributed by atoms with Crippen molar-refractivity contribution in [3.05, 3.63) is 145 Å². The van der Waals surface area contributed by atoms with Gasteiger partial charge in [-0.15, -0.1) is 88.2 Å². The maximum atomic E-state index is 2.69. The highest BCUT2D eigenvalue weighted by molar-refractivity contribution is 7.27. The minimum absolute atomic E-state index is 0.123. The fourth-order valence-electron chi connectivity index (χ4n) is 20.5. The number of thiophene rings is 2. The fourth-order valence-corrected chi connectivity index (χ4v) is 23.0. The summed E-state index contributed by atoms with van der Waals surface area (Å²) in [6, 6.07) is 54.3. The molecule has 0 unspecified atom stereocenters. The molecule has 24 heteroatoms. The number of aromatic nitrogens is 2. The Balaban J connectivity index is 0.942. The van der Waals surface area contributed by atoms with Crippen molar-refractivity contribution in [2.75, 3.05) is 0 Å². The van der Waals surface area contributed by atoms with E-state index in [0.29, 0.717) is 0 Å². The van der Waals surface area contributed by atoms with Gasteiger partial charge >= 0.3 is 0 Å². The van der Waals surface area contributed by atoms with Crippen LogP contribution in [0.1, 0.15) is 52.7 Å². The maximum Gasteiger partial charge on any atom is 0.139 e. The summed E-state index contributed by atoms with van der Waals surface area (Å²) in [5.74, 6) is 0. The molecule has 0 fully saturated rings. The Labute approximate surface area is 672 Å². The van der Waals surface area contributed by atoms with Gasteiger partial charge in [0.1, 0.15) is 157 Å². The van der Waals surface area contributed by atoms with Crippen LogP contribution in [0.5, 0.6) is 0 Å². The molecule has 0 radical (unpaired) electrons. The molecule has 0 N–H and O–H groups in total. The molecule has 0 aliphatic carbocycles. The second-order valence-corrected chi connectivity index (χ2v) is 37.8. The molecular weight excluding hydrogens is 1340 g/mol. The Kier molecular flexibility index (Phi) is 15.8. The second-order valence-electron chi connectivity index (χ2n) is 35.7. The summed E-state index contributed by atoms with van der Waals surface area (Å²) in [7, 11) is 47.1. The molecule has 2 nitrogen and oxygen atoms in total. The lowest BCUT2D eigenvalue weighted by atomic mass is 9.58. The van der Waals surface area contributed by atoms with Crippen LogP contribution in [0.25, 0.3) is 183 Å². The van der Waals surface area contributed by atoms with Gasteiger partial charge in [-0.3, -0.25) is 0 Å². The van der Waals surface area contributed by atoms with E-state index >= 15 is 0 Å². The SMILES string of the molecule is Bc1c(B)c(B)c(-c2cc(C(C)(C)C)cc(-c3c(B)c(B)c(B)c(B)c3B)c2-c2ccc3c(c2)c2c4sc5ccccc5c4cc4c5cc6c(cc5n3c42)c2cc3c4ccccc4sc3c3c4cc(-c5c(-c7c(B)c(B)c(B)c(B)c7B)cc(C(C)(C)C)cc5-c5c(B)c(B)c(B)c(B)c5B)ccc4n6c23)c(B)c1B. The van der Waals surface area contributed by atoms with Gasteiger partial charge in [0.15, 0.2) is 0 Å². The summed E-state index contributed by atoms with van der Waals surface area (Å²) >= 11 is 3.92. The molecule has 13 aromatic carbocycles. The first-order valence-electron chi connectivity index (χ1n) is 39.9. The summed E-state index contributed by atoms with van der Waals surface area (Å²) in [4.78, 5) is 0. The predicted octanol–water partition coefficient (Wildman–Crippen LogP) is -9.51. The lowest BCUT2D eigenvalue weighted by molar-refractivity contribution is 0.590. The van der Waals surface area contributed by atoms with Crippen LogP contribution in [0, 0.1) is 0 Å². The zero-order chi connectivity index (χ0) is 77.5. The van der Waals surface area contributed by atoms with E-state index in [4.69, 9.17) is 0 Å². The summed E-state index contributed by atoms with van der Waals surface area (Å²) in [6.07, 6.45) is 0. The average Bonchev–Trinajstić information content (AvgIpc) is 1.50. The van der Waals surface area contributed by atoms with Gasteiger partial charge in [0.25, 0.3) is 0 Å². The van der Waals surface area contributed by atoms with Crippen LogP contribution in [0.4, 0.5) is 0 Å². The fraction of sp³-hybridized carbons (Fsp3) is 0.0930. The Morgan fingerprint density at radius 2 is 0.509 bits per heavy atom. The normalized spacial score (nSPS) is 12.6. The standard InChI is InChI=1S/C86H80B20N2S2/c1-85(2,3)31-21-43(55-61(87)69(95)77(103)70(96)62(55)88)53(44(22-31)56-63(89)71(97)78(104)72(98)64(56)90)29-15-17-47-41(19-29)59-81-37(25-39-33-11-7-9-13-51(33)109-83(39)59)35-28-50-36(27-49(35)107(47)81)38-26-40-34-12-8-10-14-52(34)110-84(40)60-42-20-30(16-18-48(42)108(50)82(38)60)54-45(57-65(91)73(99)79(105)74(100)66(57)92)23-32(86(4,5)6)24-46(54)58-67(93)75(101)80(106)76(102)68(58)94/h7-28H,87-106H2,1-6H3. The van der Waals surface area contributed by atoms with Crippen LogP contribution >= 0.6 is 22.7 Å². The van der Waals surface area contributed by atoms with Gasteiger partial charge in [0.05, 0.1) is 33.1 Å². The third kappa shape index (κ3) is 9.63. The summed E-state index contributed by atoms with van der Waals surface area (Å²) in [5, 5.41) is 15.7. The van der Waals surface area contributed by atoms with E-state index in [2.05, 4.69) is 341 Å². The quantitative estimate of drug-likeness (QED) is 0.147. The van der Waals surface area contributed by atoms with Crippen molar-refractivity contribution in [1.29, 1.82) is 0 Å². The van der Waals surface area contributed by atoms with Crippen LogP contribution in [-0.4, -0.2) is 166 Å². The highest BCUT2D eigenvalue weighted by atomic mass is 32.1. The molecule has 0 atom stereocenters. The van der Waals surface area contributed by atoms with Crippen molar-refractivity contribution in [3.63, 3.8) is 0 Å². The smallest absolute Gasteiger partial charge is 0.139 e. The molecule has 19 rings (SSSR count). The highest BCUT2D eigenvalue weighted by Gasteiger charge is 2.33. The number of hydrogen-bond acceptors (Lipinski definition) is 2. The number of nitrogens with zero attached hydrogens (tertiary/aromatic N) is 2.